The van der Waals surface area contributed by atoms with E-state index >= 15 is 0 Å². The topological polar surface area (TPSA) is 12.0 Å². The van der Waals surface area contributed by atoms with Crippen LogP contribution in [0.4, 0.5) is 0 Å². The Kier molecular flexibility index (Phi) is 4.17. The van der Waals surface area contributed by atoms with E-state index in [9.17, 15) is 0 Å². The van der Waals surface area contributed by atoms with Gasteiger partial charge in [-0.1, -0.05) is 17.7 Å². The van der Waals surface area contributed by atoms with Gasteiger partial charge in [-0.2, -0.15) is 11.8 Å². The lowest BCUT2D eigenvalue weighted by molar-refractivity contribution is 0.410. The molecule has 1 aromatic carbocycles. The van der Waals surface area contributed by atoms with Crippen LogP contribution in [0.2, 0.25) is 5.02 Å². The van der Waals surface area contributed by atoms with Crippen molar-refractivity contribution in [2.24, 2.45) is 5.92 Å². The SMILES string of the molecule is Clc1ccc2c(c1)CC(NCC1CCSCC1)C2. The molecule has 2 aliphatic rings. The Bertz CT molecular complexity index is 415. The monoisotopic (exact) mass is 281 g/mol. The van der Waals surface area contributed by atoms with Crippen LogP contribution in [0.25, 0.3) is 0 Å². The smallest absolute Gasteiger partial charge is 0.0408 e. The van der Waals surface area contributed by atoms with Gasteiger partial charge in [-0.25, -0.2) is 0 Å². The summed E-state index contributed by atoms with van der Waals surface area (Å²) >= 11 is 8.15. The first kappa shape index (κ1) is 12.8. The molecule has 1 aliphatic carbocycles. The second kappa shape index (κ2) is 5.85. The highest BCUT2D eigenvalue weighted by Crippen LogP contribution is 2.26. The number of halogens is 1. The maximum absolute atomic E-state index is 6.05. The van der Waals surface area contributed by atoms with Crippen molar-refractivity contribution in [2.75, 3.05) is 18.1 Å². The quantitative estimate of drug-likeness (QED) is 0.909. The zero-order chi connectivity index (χ0) is 12.4. The van der Waals surface area contributed by atoms with Gasteiger partial charge in [0.25, 0.3) is 0 Å². The van der Waals surface area contributed by atoms with E-state index in [0.29, 0.717) is 6.04 Å². The van der Waals surface area contributed by atoms with E-state index in [2.05, 4.69) is 29.2 Å². The van der Waals surface area contributed by atoms with Crippen molar-refractivity contribution < 1.29 is 0 Å². The number of nitrogens with one attached hydrogen (secondary N) is 1. The number of hydrogen-bond donors (Lipinski definition) is 1. The van der Waals surface area contributed by atoms with E-state index in [4.69, 9.17) is 11.6 Å². The van der Waals surface area contributed by atoms with Crippen LogP contribution in [0.1, 0.15) is 24.0 Å². The van der Waals surface area contributed by atoms with Gasteiger partial charge in [0.1, 0.15) is 0 Å². The molecule has 3 heteroatoms. The highest BCUT2D eigenvalue weighted by Gasteiger charge is 2.22. The Balaban J connectivity index is 1.51. The number of fused-ring (bicyclic) bond motifs is 1. The summed E-state index contributed by atoms with van der Waals surface area (Å²) in [4.78, 5) is 0. The molecule has 1 heterocycles. The zero-order valence-electron chi connectivity index (χ0n) is 10.6. The molecule has 1 unspecified atom stereocenters. The lowest BCUT2D eigenvalue weighted by Crippen LogP contribution is -2.35. The average Bonchev–Trinajstić information content (AvgIpc) is 2.79. The Morgan fingerprint density at radius 3 is 2.78 bits per heavy atom. The lowest BCUT2D eigenvalue weighted by Gasteiger charge is -2.23. The average molecular weight is 282 g/mol. The van der Waals surface area contributed by atoms with Crippen molar-refractivity contribution >= 4 is 23.4 Å². The summed E-state index contributed by atoms with van der Waals surface area (Å²) in [6, 6.07) is 6.97. The molecule has 1 N–H and O–H groups in total. The zero-order valence-corrected chi connectivity index (χ0v) is 12.2. The third-order valence-electron chi connectivity index (χ3n) is 4.14. The highest BCUT2D eigenvalue weighted by molar-refractivity contribution is 7.99. The summed E-state index contributed by atoms with van der Waals surface area (Å²) in [5, 5.41) is 4.64. The van der Waals surface area contributed by atoms with Gasteiger partial charge < -0.3 is 5.32 Å². The molecule has 1 nitrogen and oxygen atoms in total. The van der Waals surface area contributed by atoms with Crippen LogP contribution in [0.15, 0.2) is 18.2 Å². The minimum Gasteiger partial charge on any atom is -0.313 e. The van der Waals surface area contributed by atoms with E-state index in [-0.39, 0.29) is 0 Å². The maximum atomic E-state index is 6.05. The minimum absolute atomic E-state index is 0.632. The van der Waals surface area contributed by atoms with Gasteiger partial charge in [0, 0.05) is 11.1 Å². The van der Waals surface area contributed by atoms with Gasteiger partial charge in [0.15, 0.2) is 0 Å². The van der Waals surface area contributed by atoms with Crippen LogP contribution in [-0.4, -0.2) is 24.1 Å². The van der Waals surface area contributed by atoms with Crippen LogP contribution >= 0.6 is 23.4 Å². The first-order valence-corrected chi connectivity index (χ1v) is 8.43. The molecular formula is C15H20ClNS. The molecule has 3 rings (SSSR count). The molecule has 0 aromatic heterocycles. The van der Waals surface area contributed by atoms with Crippen molar-refractivity contribution in [1.29, 1.82) is 0 Å². The maximum Gasteiger partial charge on any atom is 0.0408 e. The molecule has 1 fully saturated rings. The summed E-state index contributed by atoms with van der Waals surface area (Å²) in [6.07, 6.45) is 5.11. The van der Waals surface area contributed by atoms with Crippen molar-refractivity contribution in [3.63, 3.8) is 0 Å². The van der Waals surface area contributed by atoms with Crippen molar-refractivity contribution in [1.82, 2.24) is 5.32 Å². The van der Waals surface area contributed by atoms with Gasteiger partial charge in [0.2, 0.25) is 0 Å². The van der Waals surface area contributed by atoms with E-state index in [1.807, 2.05) is 6.07 Å². The molecule has 0 spiro atoms. The predicted molar refractivity (Wildman–Crippen MR) is 80.7 cm³/mol. The van der Waals surface area contributed by atoms with Gasteiger partial charge >= 0.3 is 0 Å². The first-order valence-electron chi connectivity index (χ1n) is 6.89. The third kappa shape index (κ3) is 3.04. The van der Waals surface area contributed by atoms with E-state index in [0.717, 1.165) is 17.4 Å². The first-order chi connectivity index (χ1) is 8.81. The summed E-state index contributed by atoms with van der Waals surface area (Å²) in [7, 11) is 0. The number of rotatable bonds is 3. The van der Waals surface area contributed by atoms with E-state index < -0.39 is 0 Å². The number of hydrogen-bond acceptors (Lipinski definition) is 2. The van der Waals surface area contributed by atoms with Crippen molar-refractivity contribution in [3.8, 4) is 0 Å². The Labute approximate surface area is 119 Å². The van der Waals surface area contributed by atoms with E-state index in [1.165, 1.54) is 48.4 Å². The lowest BCUT2D eigenvalue weighted by atomic mass is 10.0. The van der Waals surface area contributed by atoms with Crippen LogP contribution in [0.3, 0.4) is 0 Å². The van der Waals surface area contributed by atoms with Crippen LogP contribution in [0.5, 0.6) is 0 Å². The van der Waals surface area contributed by atoms with Crippen LogP contribution in [0, 0.1) is 5.92 Å². The third-order valence-corrected chi connectivity index (χ3v) is 5.42. The van der Waals surface area contributed by atoms with Crippen molar-refractivity contribution in [3.05, 3.63) is 34.3 Å². The normalized spacial score (nSPS) is 24.2. The van der Waals surface area contributed by atoms with Gasteiger partial charge in [0.05, 0.1) is 0 Å². The number of thioether (sulfide) groups is 1. The Hall–Kier alpha value is -0.180. The summed E-state index contributed by atoms with van der Waals surface area (Å²) in [5.41, 5.74) is 2.93. The molecule has 0 radical (unpaired) electrons. The molecule has 0 bridgehead atoms. The molecule has 0 amide bonds. The second-order valence-corrected chi connectivity index (χ2v) is 7.14. The molecule has 0 saturated carbocycles. The molecule has 1 saturated heterocycles. The minimum atomic E-state index is 0.632. The summed E-state index contributed by atoms with van der Waals surface area (Å²) in [5.74, 6) is 3.61. The fourth-order valence-electron chi connectivity index (χ4n) is 3.01. The molecule has 18 heavy (non-hydrogen) atoms. The summed E-state index contributed by atoms with van der Waals surface area (Å²) < 4.78 is 0. The fourth-order valence-corrected chi connectivity index (χ4v) is 4.41. The predicted octanol–water partition coefficient (Wildman–Crippen LogP) is 3.54. The van der Waals surface area contributed by atoms with Crippen LogP contribution < -0.4 is 5.32 Å². The molecule has 98 valence electrons. The highest BCUT2D eigenvalue weighted by atomic mass is 35.5. The van der Waals surface area contributed by atoms with Gasteiger partial charge in [-0.15, -0.1) is 0 Å². The standard InChI is InChI=1S/C15H20ClNS/c16-14-2-1-12-8-15(9-13(12)7-14)17-10-11-3-5-18-6-4-11/h1-2,7,11,15,17H,3-6,8-10H2. The second-order valence-electron chi connectivity index (χ2n) is 5.48. The Morgan fingerprint density at radius 1 is 1.17 bits per heavy atom. The molecule has 1 atom stereocenters. The van der Waals surface area contributed by atoms with Crippen molar-refractivity contribution in [2.45, 2.75) is 31.7 Å². The van der Waals surface area contributed by atoms with E-state index in [1.54, 1.807) is 0 Å². The van der Waals surface area contributed by atoms with Gasteiger partial charge in [-0.3, -0.25) is 0 Å². The van der Waals surface area contributed by atoms with Gasteiger partial charge in [-0.05, 0) is 72.9 Å². The molecular weight excluding hydrogens is 262 g/mol. The Morgan fingerprint density at radius 2 is 1.94 bits per heavy atom. The fraction of sp³-hybridized carbons (Fsp3) is 0.600. The molecule has 1 aromatic rings. The number of benzene rings is 1. The van der Waals surface area contributed by atoms with Crippen LogP contribution in [-0.2, 0) is 12.8 Å². The largest absolute Gasteiger partial charge is 0.313 e. The molecule has 1 aliphatic heterocycles. The summed E-state index contributed by atoms with van der Waals surface area (Å²) in [6.45, 7) is 1.20.